The quantitative estimate of drug-likeness (QED) is 0.666. The Hall–Kier alpha value is -2.60. The number of aryl methyl sites for hydroxylation is 1. The summed E-state index contributed by atoms with van der Waals surface area (Å²) in [5.74, 6) is 0.773. The second kappa shape index (κ2) is 9.37. The molecule has 0 bridgehead atoms. The van der Waals surface area contributed by atoms with E-state index in [-0.39, 0.29) is 18.5 Å². The van der Waals surface area contributed by atoms with Crippen molar-refractivity contribution in [2.45, 2.75) is 39.9 Å². The van der Waals surface area contributed by atoms with E-state index in [0.29, 0.717) is 30.2 Å². The molecule has 0 radical (unpaired) electrons. The van der Waals surface area contributed by atoms with Crippen LogP contribution in [0.2, 0.25) is 0 Å². The standard InChI is InChI=1S/C21H28N2O4/c1-15(2)23(12-17-9-7-6-8-10-17)20(24)14-22(4)13-18-11-19(16(3)27-18)21(25)26-5/h6-11,15H,12-14H2,1-5H3. The normalized spacial score (nSPS) is 11.1. The third-order valence-electron chi connectivity index (χ3n) is 4.34. The van der Waals surface area contributed by atoms with Crippen molar-refractivity contribution in [1.82, 2.24) is 9.80 Å². The van der Waals surface area contributed by atoms with E-state index in [0.717, 1.165) is 5.56 Å². The lowest BCUT2D eigenvalue weighted by atomic mass is 10.2. The Labute approximate surface area is 160 Å². The maximum absolute atomic E-state index is 12.8. The number of amides is 1. The molecule has 0 spiro atoms. The van der Waals surface area contributed by atoms with Crippen molar-refractivity contribution in [3.63, 3.8) is 0 Å². The van der Waals surface area contributed by atoms with Crippen molar-refractivity contribution >= 4 is 11.9 Å². The predicted molar refractivity (Wildman–Crippen MR) is 103 cm³/mol. The monoisotopic (exact) mass is 372 g/mol. The van der Waals surface area contributed by atoms with E-state index in [1.54, 1.807) is 13.0 Å². The summed E-state index contributed by atoms with van der Waals surface area (Å²) in [4.78, 5) is 28.2. The number of esters is 1. The number of hydrogen-bond acceptors (Lipinski definition) is 5. The van der Waals surface area contributed by atoms with Crippen molar-refractivity contribution in [2.75, 3.05) is 20.7 Å². The zero-order valence-corrected chi connectivity index (χ0v) is 16.7. The molecular formula is C21H28N2O4. The van der Waals surface area contributed by atoms with Crippen LogP contribution in [0.25, 0.3) is 0 Å². The molecule has 2 rings (SSSR count). The van der Waals surface area contributed by atoms with Gasteiger partial charge in [-0.3, -0.25) is 9.69 Å². The molecule has 1 heterocycles. The molecule has 0 unspecified atom stereocenters. The molecule has 27 heavy (non-hydrogen) atoms. The van der Waals surface area contributed by atoms with E-state index >= 15 is 0 Å². The first-order valence-electron chi connectivity index (χ1n) is 9.01. The van der Waals surface area contributed by atoms with Gasteiger partial charge in [-0.05, 0) is 39.4 Å². The maximum Gasteiger partial charge on any atom is 0.341 e. The molecule has 0 N–H and O–H groups in total. The predicted octanol–water partition coefficient (Wildman–Crippen LogP) is 3.24. The minimum atomic E-state index is -0.421. The van der Waals surface area contributed by atoms with Gasteiger partial charge in [-0.2, -0.15) is 0 Å². The highest BCUT2D eigenvalue weighted by molar-refractivity contribution is 5.90. The summed E-state index contributed by atoms with van der Waals surface area (Å²) >= 11 is 0. The fraction of sp³-hybridized carbons (Fsp3) is 0.429. The Morgan fingerprint density at radius 3 is 2.41 bits per heavy atom. The lowest BCUT2D eigenvalue weighted by molar-refractivity contribution is -0.134. The SMILES string of the molecule is COC(=O)c1cc(CN(C)CC(=O)N(Cc2ccccc2)C(C)C)oc1C. The van der Waals surface area contributed by atoms with Gasteiger partial charge in [0.15, 0.2) is 0 Å². The van der Waals surface area contributed by atoms with Crippen LogP contribution in [0.4, 0.5) is 0 Å². The summed E-state index contributed by atoms with van der Waals surface area (Å²) in [5.41, 5.74) is 1.52. The minimum Gasteiger partial charge on any atom is -0.465 e. The number of benzene rings is 1. The molecular weight excluding hydrogens is 344 g/mol. The number of nitrogens with zero attached hydrogens (tertiary/aromatic N) is 2. The molecule has 6 heteroatoms. The van der Waals surface area contributed by atoms with Gasteiger partial charge in [-0.15, -0.1) is 0 Å². The number of likely N-dealkylation sites (N-methyl/N-ethyl adjacent to an activating group) is 1. The van der Waals surface area contributed by atoms with E-state index in [2.05, 4.69) is 0 Å². The first-order valence-corrected chi connectivity index (χ1v) is 9.01. The fourth-order valence-corrected chi connectivity index (χ4v) is 2.92. The van der Waals surface area contributed by atoms with E-state index in [4.69, 9.17) is 9.15 Å². The molecule has 1 amide bonds. The number of furan rings is 1. The van der Waals surface area contributed by atoms with Crippen LogP contribution < -0.4 is 0 Å². The highest BCUT2D eigenvalue weighted by Gasteiger charge is 2.21. The van der Waals surface area contributed by atoms with Gasteiger partial charge in [0.25, 0.3) is 0 Å². The molecule has 0 aliphatic heterocycles. The van der Waals surface area contributed by atoms with E-state index in [1.807, 2.05) is 61.0 Å². The van der Waals surface area contributed by atoms with Crippen LogP contribution in [-0.4, -0.2) is 48.4 Å². The Morgan fingerprint density at radius 2 is 1.81 bits per heavy atom. The van der Waals surface area contributed by atoms with Crippen LogP contribution >= 0.6 is 0 Å². The largest absolute Gasteiger partial charge is 0.465 e. The van der Waals surface area contributed by atoms with Crippen LogP contribution in [0.5, 0.6) is 0 Å². The van der Waals surface area contributed by atoms with Crippen molar-refractivity contribution < 1.29 is 18.7 Å². The summed E-state index contributed by atoms with van der Waals surface area (Å²) in [6.07, 6.45) is 0. The first kappa shape index (κ1) is 20.7. The van der Waals surface area contributed by atoms with Crippen LogP contribution in [0.1, 0.15) is 41.3 Å². The van der Waals surface area contributed by atoms with E-state index in [9.17, 15) is 9.59 Å². The number of hydrogen-bond donors (Lipinski definition) is 0. The molecule has 1 aromatic carbocycles. The smallest absolute Gasteiger partial charge is 0.341 e. The zero-order valence-electron chi connectivity index (χ0n) is 16.7. The number of ether oxygens (including phenoxy) is 1. The minimum absolute atomic E-state index is 0.0489. The zero-order chi connectivity index (χ0) is 20.0. The summed E-state index contributed by atoms with van der Waals surface area (Å²) in [5, 5.41) is 0. The molecule has 2 aromatic rings. The van der Waals surface area contributed by atoms with Crippen molar-refractivity contribution in [2.24, 2.45) is 0 Å². The summed E-state index contributed by atoms with van der Waals surface area (Å²) < 4.78 is 10.4. The molecule has 0 saturated carbocycles. The lowest BCUT2D eigenvalue weighted by Gasteiger charge is -2.29. The number of methoxy groups -OCH3 is 1. The molecule has 6 nitrogen and oxygen atoms in total. The van der Waals surface area contributed by atoms with Gasteiger partial charge in [0, 0.05) is 12.6 Å². The molecule has 0 fully saturated rings. The van der Waals surface area contributed by atoms with E-state index in [1.165, 1.54) is 7.11 Å². The van der Waals surface area contributed by atoms with Gasteiger partial charge in [0.2, 0.25) is 5.91 Å². The van der Waals surface area contributed by atoms with Crippen LogP contribution in [0.15, 0.2) is 40.8 Å². The van der Waals surface area contributed by atoms with E-state index < -0.39 is 5.97 Å². The van der Waals surface area contributed by atoms with Crippen LogP contribution in [-0.2, 0) is 22.6 Å². The van der Waals surface area contributed by atoms with Crippen LogP contribution in [0.3, 0.4) is 0 Å². The Kier molecular flexibility index (Phi) is 7.19. The summed E-state index contributed by atoms with van der Waals surface area (Å²) in [7, 11) is 3.20. The average Bonchev–Trinajstić information content (AvgIpc) is 2.99. The molecule has 0 saturated heterocycles. The van der Waals surface area contributed by atoms with Crippen molar-refractivity contribution in [1.29, 1.82) is 0 Å². The topological polar surface area (TPSA) is 63.0 Å². The summed E-state index contributed by atoms with van der Waals surface area (Å²) in [6.45, 7) is 7.02. The Balaban J connectivity index is 1.99. The molecule has 0 aliphatic rings. The van der Waals surface area contributed by atoms with Crippen molar-refractivity contribution in [3.8, 4) is 0 Å². The van der Waals surface area contributed by atoms with Crippen molar-refractivity contribution in [3.05, 3.63) is 59.0 Å². The molecule has 0 aliphatic carbocycles. The highest BCUT2D eigenvalue weighted by atomic mass is 16.5. The third kappa shape index (κ3) is 5.69. The van der Waals surface area contributed by atoms with Gasteiger partial charge in [-0.25, -0.2) is 4.79 Å². The summed E-state index contributed by atoms with van der Waals surface area (Å²) in [6, 6.07) is 11.7. The first-order chi connectivity index (χ1) is 12.8. The third-order valence-corrected chi connectivity index (χ3v) is 4.34. The van der Waals surface area contributed by atoms with Gasteiger partial charge < -0.3 is 14.1 Å². The lowest BCUT2D eigenvalue weighted by Crippen LogP contribution is -2.42. The molecule has 0 atom stereocenters. The fourth-order valence-electron chi connectivity index (χ4n) is 2.92. The number of carbonyl (C=O) groups is 2. The maximum atomic E-state index is 12.8. The molecule has 1 aromatic heterocycles. The van der Waals surface area contributed by atoms with Crippen LogP contribution in [0, 0.1) is 6.92 Å². The average molecular weight is 372 g/mol. The van der Waals surface area contributed by atoms with Gasteiger partial charge in [0.1, 0.15) is 17.1 Å². The van der Waals surface area contributed by atoms with Gasteiger partial charge in [0.05, 0.1) is 20.2 Å². The number of rotatable bonds is 8. The highest BCUT2D eigenvalue weighted by Crippen LogP contribution is 2.17. The second-order valence-electron chi connectivity index (χ2n) is 6.95. The Bertz CT molecular complexity index is 768. The number of carbonyl (C=O) groups excluding carboxylic acids is 2. The van der Waals surface area contributed by atoms with Gasteiger partial charge in [-0.1, -0.05) is 30.3 Å². The molecule has 146 valence electrons. The second-order valence-corrected chi connectivity index (χ2v) is 6.95. The van der Waals surface area contributed by atoms with Gasteiger partial charge >= 0.3 is 5.97 Å². The Morgan fingerprint density at radius 1 is 1.15 bits per heavy atom.